The summed E-state index contributed by atoms with van der Waals surface area (Å²) in [6, 6.07) is 11.6. The van der Waals surface area contributed by atoms with Gasteiger partial charge in [0.2, 0.25) is 0 Å². The Bertz CT molecular complexity index is 695. The van der Waals surface area contributed by atoms with Crippen LogP contribution in [0.15, 0.2) is 52.2 Å². The summed E-state index contributed by atoms with van der Waals surface area (Å²) in [6.07, 6.45) is 2.18. The number of aromatic amines is 1. The second kappa shape index (κ2) is 5.79. The molecule has 1 saturated heterocycles. The van der Waals surface area contributed by atoms with Crippen molar-refractivity contribution in [1.29, 1.82) is 0 Å². The van der Waals surface area contributed by atoms with Gasteiger partial charge in [0.15, 0.2) is 0 Å². The zero-order chi connectivity index (χ0) is 13.9. The van der Waals surface area contributed by atoms with Gasteiger partial charge in [0, 0.05) is 0 Å². The summed E-state index contributed by atoms with van der Waals surface area (Å²) in [7, 11) is 0. The zero-order valence-corrected chi connectivity index (χ0v) is 12.4. The van der Waals surface area contributed by atoms with Crippen molar-refractivity contribution < 1.29 is 4.74 Å². The number of hydrogen-bond acceptors (Lipinski definition) is 3. The van der Waals surface area contributed by atoms with Gasteiger partial charge in [-0.1, -0.05) is 0 Å². The molecule has 2 unspecified atom stereocenters. The zero-order valence-electron chi connectivity index (χ0n) is 10.7. The van der Waals surface area contributed by atoms with Crippen LogP contribution in [0.2, 0.25) is 4.82 Å². The maximum atomic E-state index is 11.9. The van der Waals surface area contributed by atoms with E-state index in [0.29, 0.717) is 11.4 Å². The molecule has 104 valence electrons. The molecule has 0 spiro atoms. The summed E-state index contributed by atoms with van der Waals surface area (Å²) in [4.78, 5) is 25.6. The van der Waals surface area contributed by atoms with Crippen molar-refractivity contribution >= 4 is 19.4 Å². The number of hydrogen-bond donors (Lipinski definition) is 1. The molecule has 1 aromatic heterocycles. The van der Waals surface area contributed by atoms with Gasteiger partial charge in [0.05, 0.1) is 0 Å². The van der Waals surface area contributed by atoms with Crippen molar-refractivity contribution in [3.05, 3.63) is 63.4 Å². The monoisotopic (exact) mass is 338 g/mol. The van der Waals surface area contributed by atoms with Crippen LogP contribution in [0.4, 0.5) is 0 Å². The normalized spacial score (nSPS) is 22.0. The average molecular weight is 337 g/mol. The fraction of sp³-hybridized carbons (Fsp3) is 0.286. The molecule has 0 aliphatic carbocycles. The molecule has 2 aromatic rings. The van der Waals surface area contributed by atoms with Crippen molar-refractivity contribution in [3.63, 3.8) is 0 Å². The van der Waals surface area contributed by atoms with E-state index in [1.165, 1.54) is 21.3 Å². The minimum atomic E-state index is -0.404. The molecule has 1 fully saturated rings. The number of benzene rings is 1. The Morgan fingerprint density at radius 2 is 2.00 bits per heavy atom. The van der Waals surface area contributed by atoms with E-state index in [-0.39, 0.29) is 26.7 Å². The number of ether oxygens (including phenoxy) is 1. The third-order valence-corrected chi connectivity index (χ3v) is 5.93. The van der Waals surface area contributed by atoms with Gasteiger partial charge in [0.25, 0.3) is 0 Å². The summed E-state index contributed by atoms with van der Waals surface area (Å²) in [5, 5.41) is 0. The second-order valence-electron chi connectivity index (χ2n) is 4.54. The fourth-order valence-corrected chi connectivity index (χ4v) is 4.76. The molecule has 1 aliphatic heterocycles. The summed E-state index contributed by atoms with van der Waals surface area (Å²) in [5.74, 6) is 0. The van der Waals surface area contributed by atoms with Crippen LogP contribution in [-0.2, 0) is 4.74 Å². The molecule has 20 heavy (non-hydrogen) atoms. The first kappa shape index (κ1) is 13.4. The second-order valence-corrected chi connectivity index (χ2v) is 7.29. The van der Waals surface area contributed by atoms with Crippen molar-refractivity contribution in [1.82, 2.24) is 9.55 Å². The van der Waals surface area contributed by atoms with Gasteiger partial charge in [-0.05, 0) is 0 Å². The predicted molar refractivity (Wildman–Crippen MR) is 76.5 cm³/mol. The van der Waals surface area contributed by atoms with Gasteiger partial charge in [-0.2, -0.15) is 0 Å². The molecule has 2 heterocycles. The van der Waals surface area contributed by atoms with Crippen LogP contribution in [0.25, 0.3) is 0 Å². The van der Waals surface area contributed by atoms with Crippen LogP contribution in [0.1, 0.15) is 12.6 Å². The molecule has 3 rings (SSSR count). The first-order valence-corrected chi connectivity index (χ1v) is 8.23. The number of aromatic nitrogens is 2. The number of H-pyrrole nitrogens is 1. The van der Waals surface area contributed by atoms with Gasteiger partial charge in [-0.25, -0.2) is 0 Å². The molecular formula is C14H14N2O3Se. The summed E-state index contributed by atoms with van der Waals surface area (Å²) >= 11 is 0.234. The maximum absolute atomic E-state index is 11.9. The van der Waals surface area contributed by atoms with E-state index in [2.05, 4.69) is 17.1 Å². The average Bonchev–Trinajstić information content (AvgIpc) is 2.88. The van der Waals surface area contributed by atoms with Crippen molar-refractivity contribution in [2.75, 3.05) is 6.61 Å². The summed E-state index contributed by atoms with van der Waals surface area (Å²) in [6.45, 7) is 0.648. The molecular weight excluding hydrogens is 323 g/mol. The van der Waals surface area contributed by atoms with Crippen LogP contribution in [0, 0.1) is 0 Å². The van der Waals surface area contributed by atoms with E-state index in [9.17, 15) is 9.59 Å². The van der Waals surface area contributed by atoms with E-state index >= 15 is 0 Å². The van der Waals surface area contributed by atoms with Gasteiger partial charge >= 0.3 is 121 Å². The van der Waals surface area contributed by atoms with E-state index in [4.69, 9.17) is 4.74 Å². The Morgan fingerprint density at radius 3 is 2.75 bits per heavy atom. The molecule has 0 amide bonds. The van der Waals surface area contributed by atoms with Gasteiger partial charge in [-0.15, -0.1) is 0 Å². The minimum absolute atomic E-state index is 0.234. The summed E-state index contributed by atoms with van der Waals surface area (Å²) in [5.41, 5.74) is -0.785. The quantitative estimate of drug-likeness (QED) is 0.818. The Kier molecular flexibility index (Phi) is 3.87. The van der Waals surface area contributed by atoms with Crippen LogP contribution in [0.5, 0.6) is 0 Å². The van der Waals surface area contributed by atoms with E-state index in [1.807, 2.05) is 18.2 Å². The third-order valence-electron chi connectivity index (χ3n) is 3.17. The summed E-state index contributed by atoms with van der Waals surface area (Å²) < 4.78 is 8.48. The molecule has 0 radical (unpaired) electrons. The third kappa shape index (κ3) is 2.77. The molecule has 1 aromatic carbocycles. The predicted octanol–water partition coefficient (Wildman–Crippen LogP) is 0.274. The first-order chi connectivity index (χ1) is 9.74. The van der Waals surface area contributed by atoms with Crippen molar-refractivity contribution in [3.8, 4) is 0 Å². The Hall–Kier alpha value is -1.62. The molecule has 0 saturated carbocycles. The van der Waals surface area contributed by atoms with Crippen LogP contribution < -0.4 is 15.7 Å². The first-order valence-electron chi connectivity index (χ1n) is 6.39. The molecule has 2 atom stereocenters. The van der Waals surface area contributed by atoms with Crippen molar-refractivity contribution in [2.24, 2.45) is 0 Å². The molecule has 1 N–H and O–H groups in total. The number of nitrogens with one attached hydrogen (secondary N) is 1. The topological polar surface area (TPSA) is 64.1 Å². The van der Waals surface area contributed by atoms with Gasteiger partial charge < -0.3 is 0 Å². The SMILES string of the molecule is O=c1ccn(C2OCCC2[Se]c2ccccc2)c(=O)[nH]1. The van der Waals surface area contributed by atoms with Gasteiger partial charge in [0.1, 0.15) is 0 Å². The Labute approximate surface area is 121 Å². The fourth-order valence-electron chi connectivity index (χ4n) is 2.23. The van der Waals surface area contributed by atoms with Gasteiger partial charge in [-0.3, -0.25) is 0 Å². The van der Waals surface area contributed by atoms with Crippen LogP contribution in [-0.4, -0.2) is 31.1 Å². The molecule has 6 heteroatoms. The molecule has 5 nitrogen and oxygen atoms in total. The number of nitrogens with zero attached hydrogens (tertiary/aromatic N) is 1. The standard InChI is InChI=1S/C14H14N2O3Se/c17-12-6-8-16(14(18)15-12)13-11(7-9-19-13)20-10-4-2-1-3-5-10/h1-6,8,11,13H,7,9H2,(H,15,17,18). The van der Waals surface area contributed by atoms with Crippen LogP contribution >= 0.6 is 0 Å². The molecule has 0 bridgehead atoms. The van der Waals surface area contributed by atoms with Crippen molar-refractivity contribution in [2.45, 2.75) is 17.5 Å². The Morgan fingerprint density at radius 1 is 1.20 bits per heavy atom. The van der Waals surface area contributed by atoms with Crippen LogP contribution in [0.3, 0.4) is 0 Å². The van der Waals surface area contributed by atoms with E-state index < -0.39 is 5.69 Å². The molecule has 1 aliphatic rings. The van der Waals surface area contributed by atoms with E-state index in [1.54, 1.807) is 0 Å². The van der Waals surface area contributed by atoms with E-state index in [0.717, 1.165) is 6.42 Å². The Balaban J connectivity index is 1.85. The number of rotatable bonds is 3.